The maximum absolute atomic E-state index is 8.44. The van der Waals surface area contributed by atoms with Gasteiger partial charge in [0.05, 0.1) is 0 Å². The van der Waals surface area contributed by atoms with E-state index in [4.69, 9.17) is 26.6 Å². The molecule has 52 valence electrons. The first kappa shape index (κ1) is 22.6. The summed E-state index contributed by atoms with van der Waals surface area (Å²) in [5.41, 5.74) is 0. The smallest absolute Gasteiger partial charge is 0.784 e. The van der Waals surface area contributed by atoms with E-state index in [1.54, 1.807) is 0 Å². The quantitative estimate of drug-likeness (QED) is 0.290. The van der Waals surface area contributed by atoms with Gasteiger partial charge in [0.1, 0.15) is 0 Å². The van der Waals surface area contributed by atoms with Crippen LogP contribution in [0.15, 0.2) is 0 Å². The molecule has 0 aromatic carbocycles. The molecule has 0 aliphatic heterocycles. The predicted molar refractivity (Wildman–Crippen MR) is 25.1 cm³/mol. The van der Waals surface area contributed by atoms with Crippen molar-refractivity contribution in [2.24, 2.45) is 0 Å². The van der Waals surface area contributed by atoms with Gasteiger partial charge in [-0.25, -0.2) is 0 Å². The van der Waals surface area contributed by atoms with E-state index in [0.29, 0.717) is 0 Å². The minimum Gasteiger partial charge on any atom is -0.784 e. The fraction of sp³-hybridized carbons (Fsp3) is 0. The Kier molecular flexibility index (Phi) is 38.3. The Hall–Kier alpha value is 1.67. The topological polar surface area (TPSA) is 126 Å². The van der Waals surface area contributed by atoms with Crippen LogP contribution in [0, 0.1) is 0 Å². The van der Waals surface area contributed by atoms with Crippen molar-refractivity contribution in [3.63, 3.8) is 0 Å². The first-order chi connectivity index (χ1) is 3.46. The van der Waals surface area contributed by atoms with Crippen molar-refractivity contribution in [1.29, 1.82) is 0 Å². The summed E-state index contributed by atoms with van der Waals surface area (Å²) in [6.07, 6.45) is 0. The molecule has 6 nitrogen and oxygen atoms in total. The molecule has 0 N–H and O–H groups in total. The van der Waals surface area contributed by atoms with Gasteiger partial charge in [-0.05, 0) is 0 Å². The molecule has 0 atom stereocenters. The molecule has 0 aliphatic rings. The van der Waals surface area contributed by atoms with E-state index in [2.05, 4.69) is 0 Å². The van der Waals surface area contributed by atoms with Crippen LogP contribution in [0.2, 0.25) is 0 Å². The Balaban J connectivity index is -0.0000000300. The molecule has 0 unspecified atom stereocenters. The molecule has 10 heteroatoms. The second-order valence-corrected chi connectivity index (χ2v) is 1.22. The van der Waals surface area contributed by atoms with E-state index in [1.165, 1.54) is 0 Å². The molecule has 10 heavy (non-hydrogen) atoms. The monoisotopic (exact) mass is 210 g/mol. The van der Waals surface area contributed by atoms with Gasteiger partial charge in [0.25, 0.3) is 0 Å². The van der Waals surface area contributed by atoms with Gasteiger partial charge in [0.15, 0.2) is 0 Å². The second kappa shape index (κ2) is 17.0. The van der Waals surface area contributed by atoms with Gasteiger partial charge in [0.2, 0.25) is 0 Å². The van der Waals surface area contributed by atoms with Crippen LogP contribution in [0.1, 0.15) is 0 Å². The minimum atomic E-state index is -3.11. The van der Waals surface area contributed by atoms with Crippen LogP contribution in [0.25, 0.3) is 0 Å². The fourth-order valence-corrected chi connectivity index (χ4v) is 0. The van der Waals surface area contributed by atoms with E-state index in [-0.39, 0.29) is 46.9 Å². The summed E-state index contributed by atoms with van der Waals surface area (Å²) in [6.45, 7) is 0. The third kappa shape index (κ3) is 260. The molecule has 0 saturated heterocycles. The van der Waals surface area contributed by atoms with E-state index in [1.807, 2.05) is 0 Å². The van der Waals surface area contributed by atoms with Gasteiger partial charge in [-0.2, -0.15) is 0 Å². The maximum atomic E-state index is 8.44. The summed E-state index contributed by atoms with van der Waals surface area (Å²) in [7, 11) is 0. The average Bonchev–Trinajstić information content (AvgIpc) is 1.25. The molecule has 0 saturated carbocycles. The molecule has 0 aliphatic carbocycles. The third-order valence-corrected chi connectivity index (χ3v) is 0. The molecule has 0 fully saturated rings. The van der Waals surface area contributed by atoms with Crippen LogP contribution in [0.5, 0.6) is 0 Å². The largest absolute Gasteiger partial charge is 3.00 e. The Bertz CT molecular complexity index is 73.7. The molecule has 0 rings (SSSR count). The molecule has 0 aromatic rings. The van der Waals surface area contributed by atoms with Gasteiger partial charge < -0.3 is 18.2 Å². The summed E-state index contributed by atoms with van der Waals surface area (Å²) in [5.74, 6) is 0. The predicted octanol–water partition coefficient (Wildman–Crippen LogP) is -5.38. The number of hydrogen-bond acceptors (Lipinski definition) is 6. The molecule has 0 bridgehead atoms. The Labute approximate surface area is 95.4 Å². The second-order valence-electron chi connectivity index (χ2n) is 0.408. The Morgan fingerprint density at radius 1 is 0.800 bits per heavy atom. The average molecular weight is 210 g/mol. The zero-order valence-corrected chi connectivity index (χ0v) is 9.63. The molecule has 0 radical (unpaired) electrons. The first-order valence-electron chi connectivity index (χ1n) is 1.00. The van der Waals surface area contributed by atoms with Gasteiger partial charge in [-0.1, -0.05) is 0 Å². The van der Waals surface area contributed by atoms with E-state index in [9.17, 15) is 0 Å². The molecule has 0 heterocycles. The van der Waals surface area contributed by atoms with Crippen molar-refractivity contribution in [3.8, 4) is 0 Å². The van der Waals surface area contributed by atoms with Crippen LogP contribution in [0.3, 0.4) is 0 Å². The molecular formula is AlNaO6S2. The zero-order valence-electron chi connectivity index (χ0n) is 4.84. The first-order valence-corrected chi connectivity index (χ1v) is 3.00. The molecule has 0 amide bonds. The van der Waals surface area contributed by atoms with Crippen molar-refractivity contribution < 1.29 is 56.2 Å². The fourth-order valence-electron chi connectivity index (χ4n) is 0. The van der Waals surface area contributed by atoms with Gasteiger partial charge in [-0.3, -0.25) is 8.42 Å². The summed E-state index contributed by atoms with van der Waals surface area (Å²) < 4.78 is 50.7. The van der Waals surface area contributed by atoms with E-state index in [0.717, 1.165) is 0 Å². The van der Waals surface area contributed by atoms with Crippen LogP contribution >= 0.6 is 0 Å². The van der Waals surface area contributed by atoms with Crippen molar-refractivity contribution in [1.82, 2.24) is 0 Å². The SMILES string of the molecule is O=S([O-])[O-].O=S([O-])[O-].[Al+3].[Na+]. The van der Waals surface area contributed by atoms with Crippen molar-refractivity contribution >= 4 is 40.1 Å². The van der Waals surface area contributed by atoms with Gasteiger partial charge >= 0.3 is 46.9 Å². The standard InChI is InChI=1S/Al.Na.2H2O3S/c;;2*1-4(2)3/h;;2*(H2,1,2,3)/q+3;+1;;/p-4. The van der Waals surface area contributed by atoms with E-state index < -0.39 is 22.7 Å². The molecule has 0 spiro atoms. The normalized spacial score (nSPS) is 7.00. The Morgan fingerprint density at radius 3 is 0.800 bits per heavy atom. The van der Waals surface area contributed by atoms with Gasteiger partial charge in [-0.15, -0.1) is 22.7 Å². The molecular weight excluding hydrogens is 210 g/mol. The van der Waals surface area contributed by atoms with Crippen LogP contribution in [-0.4, -0.2) is 44.0 Å². The summed E-state index contributed by atoms with van der Waals surface area (Å²) >= 11 is -6.22. The zero-order chi connectivity index (χ0) is 7.15. The summed E-state index contributed by atoms with van der Waals surface area (Å²) in [5, 5.41) is 0. The van der Waals surface area contributed by atoms with Crippen LogP contribution in [-0.2, 0) is 22.7 Å². The van der Waals surface area contributed by atoms with Crippen molar-refractivity contribution in [3.05, 3.63) is 0 Å². The summed E-state index contributed by atoms with van der Waals surface area (Å²) in [4.78, 5) is 0. The maximum Gasteiger partial charge on any atom is 3.00 e. The minimum absolute atomic E-state index is 0. The summed E-state index contributed by atoms with van der Waals surface area (Å²) in [6, 6.07) is 0. The Morgan fingerprint density at radius 2 is 0.800 bits per heavy atom. The van der Waals surface area contributed by atoms with Crippen molar-refractivity contribution in [2.45, 2.75) is 0 Å². The van der Waals surface area contributed by atoms with Crippen molar-refractivity contribution in [2.75, 3.05) is 0 Å². The number of rotatable bonds is 0. The van der Waals surface area contributed by atoms with Crippen LogP contribution in [0.4, 0.5) is 0 Å². The third-order valence-electron chi connectivity index (χ3n) is 0. The molecule has 0 aromatic heterocycles. The number of hydrogen-bond donors (Lipinski definition) is 0. The van der Waals surface area contributed by atoms with Gasteiger partial charge in [0, 0.05) is 0 Å². The van der Waals surface area contributed by atoms with Crippen LogP contribution < -0.4 is 29.6 Å². The van der Waals surface area contributed by atoms with E-state index >= 15 is 0 Å².